The highest BCUT2D eigenvalue weighted by molar-refractivity contribution is 8.13. The third-order valence-electron chi connectivity index (χ3n) is 1.76. The van der Waals surface area contributed by atoms with Gasteiger partial charge in [-0.1, -0.05) is 11.6 Å². The van der Waals surface area contributed by atoms with Crippen LogP contribution in [-0.4, -0.2) is 8.42 Å². The molecule has 0 aliphatic heterocycles. The predicted octanol–water partition coefficient (Wildman–Crippen LogP) is 1.60. The van der Waals surface area contributed by atoms with E-state index >= 15 is 0 Å². The Balaban J connectivity index is 3.55. The van der Waals surface area contributed by atoms with Gasteiger partial charge in [0.2, 0.25) is 0 Å². The van der Waals surface area contributed by atoms with Crippen molar-refractivity contribution in [3.8, 4) is 6.07 Å². The topological polar surface area (TPSA) is 84.0 Å². The first-order valence-corrected chi connectivity index (χ1v) is 6.46. The molecule has 0 spiro atoms. The molecule has 1 rings (SSSR count). The highest BCUT2D eigenvalue weighted by Crippen LogP contribution is 2.27. The second-order valence-corrected chi connectivity index (χ2v) is 5.64. The molecular formula is C8H6Cl2N2O2S. The molecule has 0 fully saturated rings. The number of hydrogen-bond acceptors (Lipinski definition) is 4. The van der Waals surface area contributed by atoms with E-state index in [1.165, 1.54) is 6.07 Å². The zero-order chi connectivity index (χ0) is 11.6. The molecule has 0 bridgehead atoms. The molecule has 2 N–H and O–H groups in total. The van der Waals surface area contributed by atoms with E-state index in [0.29, 0.717) is 5.56 Å². The lowest BCUT2D eigenvalue weighted by Crippen LogP contribution is -2.02. The average Bonchev–Trinajstić information content (AvgIpc) is 2.15. The summed E-state index contributed by atoms with van der Waals surface area (Å²) < 4.78 is 22.1. The van der Waals surface area contributed by atoms with Gasteiger partial charge in [0.1, 0.15) is 4.90 Å². The number of rotatable bonds is 2. The summed E-state index contributed by atoms with van der Waals surface area (Å²) in [6, 6.07) is 4.27. The molecule has 7 heteroatoms. The van der Waals surface area contributed by atoms with Crippen molar-refractivity contribution in [1.29, 1.82) is 5.26 Å². The Bertz CT molecular complexity index is 534. The van der Waals surface area contributed by atoms with Crippen molar-refractivity contribution in [3.63, 3.8) is 0 Å². The van der Waals surface area contributed by atoms with Gasteiger partial charge < -0.3 is 5.73 Å². The maximum atomic E-state index is 11.1. The van der Waals surface area contributed by atoms with Crippen molar-refractivity contribution in [3.05, 3.63) is 28.3 Å². The third-order valence-corrected chi connectivity index (χ3v) is 3.55. The first kappa shape index (κ1) is 12.3. The lowest BCUT2D eigenvalue weighted by atomic mass is 10.1. The van der Waals surface area contributed by atoms with E-state index in [1.807, 2.05) is 6.07 Å². The van der Waals surface area contributed by atoms with E-state index in [2.05, 4.69) is 0 Å². The van der Waals surface area contributed by atoms with E-state index < -0.39 is 9.05 Å². The minimum Gasteiger partial charge on any atom is -0.326 e. The minimum atomic E-state index is -3.94. The van der Waals surface area contributed by atoms with Gasteiger partial charge in [-0.2, -0.15) is 5.26 Å². The quantitative estimate of drug-likeness (QED) is 0.823. The summed E-state index contributed by atoms with van der Waals surface area (Å²) in [6.07, 6.45) is 0. The molecule has 0 atom stereocenters. The van der Waals surface area contributed by atoms with Crippen molar-refractivity contribution >= 4 is 31.3 Å². The van der Waals surface area contributed by atoms with Crippen LogP contribution in [-0.2, 0) is 15.6 Å². The first-order valence-electron chi connectivity index (χ1n) is 3.77. The summed E-state index contributed by atoms with van der Waals surface area (Å²) in [6.45, 7) is 0.102. The summed E-state index contributed by atoms with van der Waals surface area (Å²) in [5.41, 5.74) is 5.99. The molecule has 0 amide bonds. The molecule has 0 radical (unpaired) electrons. The number of nitriles is 1. The number of nitrogens with zero attached hydrogens (tertiary/aromatic N) is 1. The van der Waals surface area contributed by atoms with Crippen molar-refractivity contribution in [2.45, 2.75) is 11.4 Å². The maximum Gasteiger partial charge on any atom is 0.262 e. The van der Waals surface area contributed by atoms with Crippen molar-refractivity contribution in [2.75, 3.05) is 0 Å². The highest BCUT2D eigenvalue weighted by atomic mass is 35.7. The van der Waals surface area contributed by atoms with Crippen LogP contribution in [0.25, 0.3) is 0 Å². The summed E-state index contributed by atoms with van der Waals surface area (Å²) in [7, 11) is 1.19. The molecular weight excluding hydrogens is 259 g/mol. The molecule has 4 nitrogen and oxygen atoms in total. The van der Waals surface area contributed by atoms with E-state index in [4.69, 9.17) is 33.3 Å². The Hall–Kier alpha value is -0.800. The van der Waals surface area contributed by atoms with E-state index in [0.717, 1.165) is 6.07 Å². The van der Waals surface area contributed by atoms with Crippen LogP contribution in [0.4, 0.5) is 0 Å². The summed E-state index contributed by atoms with van der Waals surface area (Å²) in [4.78, 5) is -0.278. The van der Waals surface area contributed by atoms with Crippen LogP contribution in [0.1, 0.15) is 11.1 Å². The number of benzene rings is 1. The number of nitrogens with two attached hydrogens (primary N) is 1. The van der Waals surface area contributed by atoms with E-state index in [1.54, 1.807) is 0 Å². The van der Waals surface area contributed by atoms with Crippen LogP contribution < -0.4 is 5.73 Å². The Morgan fingerprint density at radius 3 is 2.47 bits per heavy atom. The molecule has 0 aliphatic carbocycles. The molecule has 0 heterocycles. The monoisotopic (exact) mass is 264 g/mol. The van der Waals surface area contributed by atoms with Gasteiger partial charge in [-0.05, 0) is 17.7 Å². The second kappa shape index (κ2) is 4.37. The van der Waals surface area contributed by atoms with Crippen LogP contribution in [0.5, 0.6) is 0 Å². The fourth-order valence-corrected chi connectivity index (χ4v) is 2.60. The lowest BCUT2D eigenvalue weighted by Gasteiger charge is -2.05. The highest BCUT2D eigenvalue weighted by Gasteiger charge is 2.17. The summed E-state index contributed by atoms with van der Waals surface area (Å²) in [5, 5.41) is 8.71. The number of halogens is 2. The van der Waals surface area contributed by atoms with Gasteiger partial charge in [-0.25, -0.2) is 8.42 Å². The SMILES string of the molecule is N#Cc1cc(S(=O)(=O)Cl)c(Cl)cc1CN. The second-order valence-electron chi connectivity index (χ2n) is 2.69. The van der Waals surface area contributed by atoms with Crippen LogP contribution in [0.3, 0.4) is 0 Å². The minimum absolute atomic E-state index is 0.0375. The summed E-state index contributed by atoms with van der Waals surface area (Å²) in [5.74, 6) is 0. The smallest absolute Gasteiger partial charge is 0.262 e. The standard InChI is InChI=1S/C8H6Cl2N2O2S/c9-7-1-5(3-11)6(4-12)2-8(7)15(10,13)14/h1-2H,3,11H2. The Morgan fingerprint density at radius 2 is 2.07 bits per heavy atom. The fourth-order valence-electron chi connectivity index (χ4n) is 1.05. The van der Waals surface area contributed by atoms with Crippen molar-refractivity contribution in [2.24, 2.45) is 5.73 Å². The zero-order valence-electron chi connectivity index (χ0n) is 7.37. The van der Waals surface area contributed by atoms with Gasteiger partial charge in [-0.3, -0.25) is 0 Å². The average molecular weight is 265 g/mol. The number of hydrogen-bond donors (Lipinski definition) is 1. The maximum absolute atomic E-state index is 11.1. The molecule has 0 saturated carbocycles. The Labute approximate surface area is 96.6 Å². The van der Waals surface area contributed by atoms with Crippen molar-refractivity contribution in [1.82, 2.24) is 0 Å². The lowest BCUT2D eigenvalue weighted by molar-refractivity contribution is 0.609. The van der Waals surface area contributed by atoms with Gasteiger partial charge in [0.05, 0.1) is 16.7 Å². The van der Waals surface area contributed by atoms with Crippen LogP contribution in [0, 0.1) is 11.3 Å². The largest absolute Gasteiger partial charge is 0.326 e. The fraction of sp³-hybridized carbons (Fsp3) is 0.125. The van der Waals surface area contributed by atoms with Gasteiger partial charge in [0.25, 0.3) is 9.05 Å². The molecule has 0 aliphatic rings. The van der Waals surface area contributed by atoms with Crippen LogP contribution in [0.15, 0.2) is 17.0 Å². The molecule has 1 aromatic carbocycles. The van der Waals surface area contributed by atoms with E-state index in [9.17, 15) is 8.42 Å². The van der Waals surface area contributed by atoms with Gasteiger partial charge in [0, 0.05) is 17.2 Å². The molecule has 15 heavy (non-hydrogen) atoms. The van der Waals surface area contributed by atoms with Crippen LogP contribution in [0.2, 0.25) is 5.02 Å². The molecule has 0 saturated heterocycles. The van der Waals surface area contributed by atoms with Crippen LogP contribution >= 0.6 is 22.3 Å². The zero-order valence-corrected chi connectivity index (χ0v) is 9.70. The molecule has 0 aromatic heterocycles. The molecule has 1 aromatic rings. The third kappa shape index (κ3) is 2.61. The predicted molar refractivity (Wildman–Crippen MR) is 57.1 cm³/mol. The Kier molecular flexibility index (Phi) is 3.58. The van der Waals surface area contributed by atoms with Gasteiger partial charge in [-0.15, -0.1) is 0 Å². The molecule has 80 valence electrons. The summed E-state index contributed by atoms with van der Waals surface area (Å²) >= 11 is 5.69. The van der Waals surface area contributed by atoms with Gasteiger partial charge >= 0.3 is 0 Å². The van der Waals surface area contributed by atoms with Gasteiger partial charge in [0.15, 0.2) is 0 Å². The Morgan fingerprint density at radius 1 is 1.47 bits per heavy atom. The van der Waals surface area contributed by atoms with Crippen molar-refractivity contribution < 1.29 is 8.42 Å². The van der Waals surface area contributed by atoms with E-state index in [-0.39, 0.29) is 22.0 Å². The first-order chi connectivity index (χ1) is 6.90. The normalized spacial score (nSPS) is 11.1. The molecule has 0 unspecified atom stereocenters.